The fourth-order valence-corrected chi connectivity index (χ4v) is 2.21. The molecule has 20 heavy (non-hydrogen) atoms. The smallest absolute Gasteiger partial charge is 0.161 e. The second-order valence-corrected chi connectivity index (χ2v) is 4.89. The van der Waals surface area contributed by atoms with Gasteiger partial charge in [-0.25, -0.2) is 15.0 Å². The van der Waals surface area contributed by atoms with Crippen LogP contribution in [0.4, 0.5) is 0 Å². The Morgan fingerprint density at radius 1 is 1.15 bits per heavy atom. The lowest BCUT2D eigenvalue weighted by molar-refractivity contribution is 0.810. The van der Waals surface area contributed by atoms with Crippen molar-refractivity contribution in [2.75, 3.05) is 0 Å². The molecule has 100 valence electrons. The fraction of sp³-hybridized carbons (Fsp3) is 0.133. The van der Waals surface area contributed by atoms with Crippen LogP contribution in [0.3, 0.4) is 0 Å². The number of imidazole rings is 1. The topological polar surface area (TPSA) is 43.6 Å². The van der Waals surface area contributed by atoms with Gasteiger partial charge in [0, 0.05) is 31.4 Å². The van der Waals surface area contributed by atoms with Gasteiger partial charge in [-0.3, -0.25) is 0 Å². The van der Waals surface area contributed by atoms with Crippen molar-refractivity contribution in [3.63, 3.8) is 0 Å². The van der Waals surface area contributed by atoms with Gasteiger partial charge in [0.15, 0.2) is 5.82 Å². The molecule has 0 aliphatic carbocycles. The summed E-state index contributed by atoms with van der Waals surface area (Å²) in [6.07, 6.45) is 4.32. The maximum atomic E-state index is 6.10. The Morgan fingerprint density at radius 2 is 1.95 bits per heavy atom. The van der Waals surface area contributed by atoms with Gasteiger partial charge in [-0.15, -0.1) is 0 Å². The summed E-state index contributed by atoms with van der Waals surface area (Å²) in [6.45, 7) is 0. The van der Waals surface area contributed by atoms with E-state index in [4.69, 9.17) is 11.6 Å². The second kappa shape index (κ2) is 5.43. The Kier molecular flexibility index (Phi) is 3.48. The minimum absolute atomic E-state index is 0.447. The van der Waals surface area contributed by atoms with Crippen LogP contribution in [0, 0.1) is 0 Å². The third-order valence-electron chi connectivity index (χ3n) is 3.04. The minimum Gasteiger partial charge on any atom is -0.338 e. The molecule has 0 unspecified atom stereocenters. The minimum atomic E-state index is 0.447. The molecule has 3 aromatic rings. The molecule has 0 aliphatic rings. The summed E-state index contributed by atoms with van der Waals surface area (Å²) in [7, 11) is 1.96. The zero-order valence-corrected chi connectivity index (χ0v) is 11.7. The van der Waals surface area contributed by atoms with Gasteiger partial charge >= 0.3 is 0 Å². The van der Waals surface area contributed by atoms with Gasteiger partial charge < -0.3 is 4.57 Å². The first-order valence-electron chi connectivity index (χ1n) is 6.27. The summed E-state index contributed by atoms with van der Waals surface area (Å²) in [5.41, 5.74) is 1.81. The SMILES string of the molecule is Cn1ccnc1Cc1cc(Cl)nc(-c2ccccc2)n1. The molecule has 0 N–H and O–H groups in total. The van der Waals surface area contributed by atoms with Crippen LogP contribution in [-0.2, 0) is 13.5 Å². The lowest BCUT2D eigenvalue weighted by atomic mass is 10.2. The standard InChI is InChI=1S/C15H13ClN4/c1-20-8-7-17-14(20)10-12-9-13(16)19-15(18-12)11-5-3-2-4-6-11/h2-9H,10H2,1H3. The van der Waals surface area contributed by atoms with Crippen molar-refractivity contribution in [1.29, 1.82) is 0 Å². The molecule has 4 nitrogen and oxygen atoms in total. The Morgan fingerprint density at radius 3 is 2.65 bits per heavy atom. The normalized spacial score (nSPS) is 10.7. The molecule has 0 spiro atoms. The summed E-state index contributed by atoms with van der Waals surface area (Å²) < 4.78 is 1.97. The van der Waals surface area contributed by atoms with E-state index in [1.165, 1.54) is 0 Å². The molecule has 0 fully saturated rings. The van der Waals surface area contributed by atoms with Gasteiger partial charge in [-0.2, -0.15) is 0 Å². The van der Waals surface area contributed by atoms with E-state index in [-0.39, 0.29) is 0 Å². The molecule has 0 radical (unpaired) electrons. The number of rotatable bonds is 3. The van der Waals surface area contributed by atoms with Crippen LogP contribution in [0.1, 0.15) is 11.5 Å². The lowest BCUT2D eigenvalue weighted by Crippen LogP contribution is -2.02. The van der Waals surface area contributed by atoms with Gasteiger partial charge in [0.05, 0.1) is 5.69 Å². The summed E-state index contributed by atoms with van der Waals surface area (Å²) in [5, 5.41) is 0.447. The fourth-order valence-electron chi connectivity index (χ4n) is 2.00. The number of hydrogen-bond donors (Lipinski definition) is 0. The number of benzene rings is 1. The number of aryl methyl sites for hydroxylation is 1. The molecule has 3 rings (SSSR count). The number of halogens is 1. The zero-order valence-electron chi connectivity index (χ0n) is 11.0. The van der Waals surface area contributed by atoms with Crippen LogP contribution in [0.25, 0.3) is 11.4 Å². The molecular formula is C15H13ClN4. The molecule has 0 saturated heterocycles. The first-order valence-corrected chi connectivity index (χ1v) is 6.65. The Labute approximate surface area is 122 Å². The lowest BCUT2D eigenvalue weighted by Gasteiger charge is -2.05. The van der Waals surface area contributed by atoms with Gasteiger partial charge in [0.1, 0.15) is 11.0 Å². The second-order valence-electron chi connectivity index (χ2n) is 4.50. The zero-order chi connectivity index (χ0) is 13.9. The van der Waals surface area contributed by atoms with Crippen molar-refractivity contribution in [3.05, 3.63) is 65.5 Å². The van der Waals surface area contributed by atoms with E-state index in [1.807, 2.05) is 48.1 Å². The highest BCUT2D eigenvalue weighted by Crippen LogP contribution is 2.18. The molecular weight excluding hydrogens is 272 g/mol. The Bertz CT molecular complexity index is 722. The van der Waals surface area contributed by atoms with E-state index in [9.17, 15) is 0 Å². The molecule has 1 aromatic carbocycles. The maximum absolute atomic E-state index is 6.10. The number of aromatic nitrogens is 4. The van der Waals surface area contributed by atoms with Gasteiger partial charge in [-0.05, 0) is 6.07 Å². The molecule has 0 bridgehead atoms. The molecule has 0 amide bonds. The number of hydrogen-bond acceptors (Lipinski definition) is 3. The van der Waals surface area contributed by atoms with Crippen molar-refractivity contribution in [2.24, 2.45) is 7.05 Å². The van der Waals surface area contributed by atoms with Crippen LogP contribution in [0.15, 0.2) is 48.8 Å². The molecule has 2 aromatic heterocycles. The predicted octanol–water partition coefficient (Wildman–Crippen LogP) is 3.12. The third kappa shape index (κ3) is 2.70. The van der Waals surface area contributed by atoms with Gasteiger partial charge in [0.25, 0.3) is 0 Å². The molecule has 0 atom stereocenters. The summed E-state index contributed by atoms with van der Waals surface area (Å²) in [6, 6.07) is 11.6. The van der Waals surface area contributed by atoms with Crippen molar-refractivity contribution in [1.82, 2.24) is 19.5 Å². The molecule has 2 heterocycles. The highest BCUT2D eigenvalue weighted by molar-refractivity contribution is 6.29. The van der Waals surface area contributed by atoms with E-state index in [0.717, 1.165) is 17.1 Å². The van der Waals surface area contributed by atoms with E-state index >= 15 is 0 Å². The Hall–Kier alpha value is -2.20. The summed E-state index contributed by atoms with van der Waals surface area (Å²) >= 11 is 6.10. The highest BCUT2D eigenvalue weighted by Gasteiger charge is 2.08. The monoisotopic (exact) mass is 284 g/mol. The summed E-state index contributed by atoms with van der Waals surface area (Å²) in [4.78, 5) is 13.2. The van der Waals surface area contributed by atoms with Crippen LogP contribution in [-0.4, -0.2) is 19.5 Å². The van der Waals surface area contributed by atoms with Crippen LogP contribution < -0.4 is 0 Å². The highest BCUT2D eigenvalue weighted by atomic mass is 35.5. The summed E-state index contributed by atoms with van der Waals surface area (Å²) in [5.74, 6) is 1.58. The van der Waals surface area contributed by atoms with Crippen molar-refractivity contribution >= 4 is 11.6 Å². The van der Waals surface area contributed by atoms with Crippen LogP contribution in [0.2, 0.25) is 5.15 Å². The van der Waals surface area contributed by atoms with Crippen molar-refractivity contribution in [3.8, 4) is 11.4 Å². The maximum Gasteiger partial charge on any atom is 0.161 e. The average Bonchev–Trinajstić information content (AvgIpc) is 2.85. The number of nitrogens with zero attached hydrogens (tertiary/aromatic N) is 4. The van der Waals surface area contributed by atoms with Crippen LogP contribution >= 0.6 is 11.6 Å². The van der Waals surface area contributed by atoms with Crippen molar-refractivity contribution in [2.45, 2.75) is 6.42 Å². The van der Waals surface area contributed by atoms with Crippen molar-refractivity contribution < 1.29 is 0 Å². The van der Waals surface area contributed by atoms with E-state index in [0.29, 0.717) is 17.4 Å². The first kappa shape index (κ1) is 12.8. The largest absolute Gasteiger partial charge is 0.338 e. The van der Waals surface area contributed by atoms with Gasteiger partial charge in [0.2, 0.25) is 0 Å². The van der Waals surface area contributed by atoms with E-state index in [1.54, 1.807) is 12.3 Å². The quantitative estimate of drug-likeness (QED) is 0.694. The average molecular weight is 285 g/mol. The Balaban J connectivity index is 1.97. The van der Waals surface area contributed by atoms with Gasteiger partial charge in [-0.1, -0.05) is 41.9 Å². The third-order valence-corrected chi connectivity index (χ3v) is 3.23. The molecule has 0 saturated carbocycles. The first-order chi connectivity index (χ1) is 9.72. The van der Waals surface area contributed by atoms with E-state index in [2.05, 4.69) is 15.0 Å². The molecule has 5 heteroatoms. The van der Waals surface area contributed by atoms with Crippen LogP contribution in [0.5, 0.6) is 0 Å². The van der Waals surface area contributed by atoms with E-state index < -0.39 is 0 Å². The molecule has 0 aliphatic heterocycles. The predicted molar refractivity (Wildman–Crippen MR) is 78.5 cm³/mol.